The third kappa shape index (κ3) is 4.95. The van der Waals surface area contributed by atoms with Crippen molar-refractivity contribution in [3.63, 3.8) is 0 Å². The van der Waals surface area contributed by atoms with E-state index in [9.17, 15) is 9.59 Å². The Hall–Kier alpha value is -2.44. The van der Waals surface area contributed by atoms with Crippen molar-refractivity contribution >= 4 is 17.5 Å². The lowest BCUT2D eigenvalue weighted by molar-refractivity contribution is -0.152. The van der Waals surface area contributed by atoms with Crippen molar-refractivity contribution in [2.24, 2.45) is 5.92 Å². The molecule has 1 aliphatic carbocycles. The van der Waals surface area contributed by atoms with E-state index in [0.717, 1.165) is 59.9 Å². The average molecular weight is 401 g/mol. The summed E-state index contributed by atoms with van der Waals surface area (Å²) in [6.07, 6.45) is 5.08. The largest absolute Gasteiger partial charge is 0.456 e. The molecule has 0 spiro atoms. The van der Waals surface area contributed by atoms with Crippen molar-refractivity contribution < 1.29 is 14.3 Å². The van der Waals surface area contributed by atoms with Crippen LogP contribution in [0.15, 0.2) is 6.07 Å². The first kappa shape index (κ1) is 21.3. The highest BCUT2D eigenvalue weighted by atomic mass is 16.5. The minimum atomic E-state index is -0.362. The first-order valence-corrected chi connectivity index (χ1v) is 10.5. The molecule has 0 aliphatic heterocycles. The van der Waals surface area contributed by atoms with Gasteiger partial charge < -0.3 is 9.64 Å². The highest BCUT2D eigenvalue weighted by Gasteiger charge is 2.25. The Morgan fingerprint density at radius 3 is 2.59 bits per heavy atom. The SMILES string of the molecule is Cc1cc2nc(C)c(CCC(=O)OCC(=O)N(C)C3CCC(C)CC3)c(C)n2n1. The minimum Gasteiger partial charge on any atom is -0.456 e. The summed E-state index contributed by atoms with van der Waals surface area (Å²) in [6, 6.07) is 2.20. The fraction of sp³-hybridized carbons (Fsp3) is 0.636. The van der Waals surface area contributed by atoms with Gasteiger partial charge in [-0.25, -0.2) is 9.50 Å². The van der Waals surface area contributed by atoms with Gasteiger partial charge in [0, 0.05) is 37.0 Å². The lowest BCUT2D eigenvalue weighted by Gasteiger charge is -2.33. The summed E-state index contributed by atoms with van der Waals surface area (Å²) < 4.78 is 7.07. The first-order chi connectivity index (χ1) is 13.8. The van der Waals surface area contributed by atoms with Crippen molar-refractivity contribution in [1.29, 1.82) is 0 Å². The molecule has 0 aromatic carbocycles. The summed E-state index contributed by atoms with van der Waals surface area (Å²) in [4.78, 5) is 30.9. The van der Waals surface area contributed by atoms with Gasteiger partial charge in [0.15, 0.2) is 12.3 Å². The Morgan fingerprint density at radius 1 is 1.21 bits per heavy atom. The fourth-order valence-corrected chi connectivity index (χ4v) is 4.18. The Morgan fingerprint density at radius 2 is 1.90 bits per heavy atom. The first-order valence-electron chi connectivity index (χ1n) is 10.5. The summed E-state index contributed by atoms with van der Waals surface area (Å²) in [5.41, 5.74) is 4.60. The molecule has 7 heteroatoms. The second kappa shape index (κ2) is 8.93. The molecule has 2 aromatic heterocycles. The molecule has 3 rings (SSSR count). The van der Waals surface area contributed by atoms with E-state index >= 15 is 0 Å². The number of carbonyl (C=O) groups excluding carboxylic acids is 2. The Balaban J connectivity index is 1.51. The van der Waals surface area contributed by atoms with Crippen LogP contribution >= 0.6 is 0 Å². The Kier molecular flexibility index (Phi) is 6.55. The normalized spacial score (nSPS) is 19.3. The number of hydrogen-bond acceptors (Lipinski definition) is 5. The van der Waals surface area contributed by atoms with E-state index in [1.54, 1.807) is 4.90 Å². The predicted octanol–water partition coefficient (Wildman–Crippen LogP) is 3.17. The second-order valence-electron chi connectivity index (χ2n) is 8.40. The van der Waals surface area contributed by atoms with E-state index in [4.69, 9.17) is 4.74 Å². The molecule has 0 saturated heterocycles. The number of fused-ring (bicyclic) bond motifs is 1. The summed E-state index contributed by atoms with van der Waals surface area (Å²) >= 11 is 0. The molecule has 0 atom stereocenters. The van der Waals surface area contributed by atoms with Crippen LogP contribution in [0.2, 0.25) is 0 Å². The van der Waals surface area contributed by atoms with E-state index in [1.807, 2.05) is 38.4 Å². The maximum Gasteiger partial charge on any atom is 0.306 e. The molecule has 158 valence electrons. The van der Waals surface area contributed by atoms with Crippen molar-refractivity contribution in [2.75, 3.05) is 13.7 Å². The second-order valence-corrected chi connectivity index (χ2v) is 8.40. The Labute approximate surface area is 172 Å². The van der Waals surface area contributed by atoms with Crippen LogP contribution in [0.5, 0.6) is 0 Å². The molecule has 0 N–H and O–H groups in total. The van der Waals surface area contributed by atoms with Gasteiger partial charge in [0.05, 0.1) is 5.69 Å². The maximum absolute atomic E-state index is 12.4. The van der Waals surface area contributed by atoms with Gasteiger partial charge in [-0.15, -0.1) is 0 Å². The number of aromatic nitrogens is 3. The van der Waals surface area contributed by atoms with E-state index in [2.05, 4.69) is 17.0 Å². The summed E-state index contributed by atoms with van der Waals surface area (Å²) in [5, 5.41) is 4.46. The van der Waals surface area contributed by atoms with Crippen LogP contribution in [-0.2, 0) is 20.7 Å². The molecule has 1 amide bonds. The van der Waals surface area contributed by atoms with Gasteiger partial charge in [0.2, 0.25) is 0 Å². The van der Waals surface area contributed by atoms with E-state index in [0.29, 0.717) is 6.42 Å². The smallest absolute Gasteiger partial charge is 0.306 e. The van der Waals surface area contributed by atoms with E-state index in [-0.39, 0.29) is 30.9 Å². The monoisotopic (exact) mass is 400 g/mol. The number of carbonyl (C=O) groups is 2. The van der Waals surface area contributed by atoms with E-state index < -0.39 is 0 Å². The molecule has 2 aromatic rings. The molecule has 0 bridgehead atoms. The van der Waals surface area contributed by atoms with Gasteiger partial charge in [0.25, 0.3) is 5.91 Å². The number of ether oxygens (including phenoxy) is 1. The predicted molar refractivity (Wildman–Crippen MR) is 111 cm³/mol. The summed E-state index contributed by atoms with van der Waals surface area (Å²) in [6.45, 7) is 7.93. The van der Waals surface area contributed by atoms with Crippen LogP contribution in [-0.4, -0.2) is 51.1 Å². The summed E-state index contributed by atoms with van der Waals surface area (Å²) in [5.74, 6) is 0.249. The minimum absolute atomic E-state index is 0.125. The summed E-state index contributed by atoms with van der Waals surface area (Å²) in [7, 11) is 1.82. The number of amides is 1. The Bertz CT molecular complexity index is 897. The van der Waals surface area contributed by atoms with Crippen molar-refractivity contribution in [3.8, 4) is 0 Å². The van der Waals surface area contributed by atoms with Gasteiger partial charge in [0.1, 0.15) is 0 Å². The van der Waals surface area contributed by atoms with Crippen LogP contribution < -0.4 is 0 Å². The molecule has 7 nitrogen and oxygen atoms in total. The van der Waals surface area contributed by atoms with Crippen molar-refractivity contribution in [1.82, 2.24) is 19.5 Å². The molecule has 0 radical (unpaired) electrons. The average Bonchev–Trinajstić information content (AvgIpc) is 3.06. The number of rotatable bonds is 6. The van der Waals surface area contributed by atoms with E-state index in [1.165, 1.54) is 0 Å². The van der Waals surface area contributed by atoms with Gasteiger partial charge in [-0.1, -0.05) is 6.92 Å². The highest BCUT2D eigenvalue weighted by Crippen LogP contribution is 2.26. The van der Waals surface area contributed by atoms with Gasteiger partial charge in [-0.05, 0) is 64.4 Å². The van der Waals surface area contributed by atoms with Crippen LogP contribution in [0.25, 0.3) is 5.65 Å². The van der Waals surface area contributed by atoms with Gasteiger partial charge in [-0.3, -0.25) is 9.59 Å². The third-order valence-corrected chi connectivity index (χ3v) is 6.15. The van der Waals surface area contributed by atoms with Gasteiger partial charge >= 0.3 is 5.97 Å². The number of esters is 1. The molecular weight excluding hydrogens is 368 g/mol. The number of aryl methyl sites for hydroxylation is 3. The van der Waals surface area contributed by atoms with Crippen LogP contribution in [0.3, 0.4) is 0 Å². The topological polar surface area (TPSA) is 76.8 Å². The number of likely N-dealkylation sites (N-methyl/N-ethyl adjacent to an activating group) is 1. The zero-order valence-electron chi connectivity index (χ0n) is 18.2. The molecule has 0 unspecified atom stereocenters. The molecule has 1 aliphatic rings. The fourth-order valence-electron chi connectivity index (χ4n) is 4.18. The highest BCUT2D eigenvalue weighted by molar-refractivity contribution is 5.80. The van der Waals surface area contributed by atoms with Gasteiger partial charge in [-0.2, -0.15) is 5.10 Å². The lowest BCUT2D eigenvalue weighted by atomic mass is 9.87. The number of hydrogen-bond donors (Lipinski definition) is 0. The molecular formula is C22H32N4O3. The van der Waals surface area contributed by atoms with Crippen molar-refractivity contribution in [2.45, 2.75) is 72.3 Å². The molecule has 29 heavy (non-hydrogen) atoms. The quantitative estimate of drug-likeness (QED) is 0.696. The standard InChI is InChI=1S/C22H32N4O3/c1-14-6-8-18(9-7-14)25(5)21(27)13-29-22(28)11-10-19-16(3)23-20-12-15(2)24-26(20)17(19)4/h12,14,18H,6-11,13H2,1-5H3. The zero-order chi connectivity index (χ0) is 21.1. The lowest BCUT2D eigenvalue weighted by Crippen LogP contribution is -2.41. The van der Waals surface area contributed by atoms with Crippen molar-refractivity contribution in [3.05, 3.63) is 28.7 Å². The molecule has 1 saturated carbocycles. The number of nitrogens with zero attached hydrogens (tertiary/aromatic N) is 4. The molecule has 1 fully saturated rings. The molecule has 2 heterocycles. The van der Waals surface area contributed by atoms with Crippen LogP contribution in [0.1, 0.15) is 61.7 Å². The zero-order valence-corrected chi connectivity index (χ0v) is 18.2. The van der Waals surface area contributed by atoms with Crippen LogP contribution in [0, 0.1) is 26.7 Å². The maximum atomic E-state index is 12.4. The van der Waals surface area contributed by atoms with Crippen LogP contribution in [0.4, 0.5) is 0 Å². The third-order valence-electron chi connectivity index (χ3n) is 6.15.